The average molecular weight is 300 g/mol. The van der Waals surface area contributed by atoms with Gasteiger partial charge in [-0.25, -0.2) is 9.59 Å². The van der Waals surface area contributed by atoms with E-state index in [4.69, 9.17) is 4.74 Å². The highest BCUT2D eigenvalue weighted by Gasteiger charge is 2.31. The smallest absolute Gasteiger partial charge is 0.408 e. The molecule has 7 heteroatoms. The Labute approximate surface area is 124 Å². The third kappa shape index (κ3) is 6.01. The van der Waals surface area contributed by atoms with Gasteiger partial charge in [0.1, 0.15) is 11.6 Å². The lowest BCUT2D eigenvalue weighted by molar-refractivity contribution is -0.144. The highest BCUT2D eigenvalue weighted by molar-refractivity contribution is 5.84. The zero-order valence-electron chi connectivity index (χ0n) is 13.0. The average Bonchev–Trinajstić information content (AvgIpc) is 2.37. The van der Waals surface area contributed by atoms with E-state index in [0.717, 1.165) is 6.42 Å². The van der Waals surface area contributed by atoms with Crippen LogP contribution in [0.3, 0.4) is 0 Å². The van der Waals surface area contributed by atoms with E-state index >= 15 is 0 Å². The van der Waals surface area contributed by atoms with Gasteiger partial charge in [-0.15, -0.1) is 0 Å². The van der Waals surface area contributed by atoms with E-state index in [1.807, 2.05) is 0 Å². The molecule has 0 spiro atoms. The number of nitrogens with one attached hydrogen (secondary N) is 2. The summed E-state index contributed by atoms with van der Waals surface area (Å²) in [6, 6.07) is -0.890. The van der Waals surface area contributed by atoms with Gasteiger partial charge in [0.25, 0.3) is 0 Å². The lowest BCUT2D eigenvalue weighted by Crippen LogP contribution is -2.47. The molecular weight excluding hydrogens is 276 g/mol. The van der Waals surface area contributed by atoms with Crippen molar-refractivity contribution in [3.8, 4) is 0 Å². The minimum absolute atomic E-state index is 0.0962. The van der Waals surface area contributed by atoms with Gasteiger partial charge in [-0.1, -0.05) is 0 Å². The summed E-state index contributed by atoms with van der Waals surface area (Å²) in [5, 5.41) is 5.23. The number of esters is 1. The molecular formula is C14H24N2O5. The molecule has 1 rings (SSSR count). The fourth-order valence-electron chi connectivity index (χ4n) is 2.15. The molecule has 2 amide bonds. The van der Waals surface area contributed by atoms with Crippen LogP contribution in [0.1, 0.15) is 40.0 Å². The summed E-state index contributed by atoms with van der Waals surface area (Å²) in [6.45, 7) is 5.84. The molecule has 1 aliphatic heterocycles. The number of hydrogen-bond donors (Lipinski definition) is 2. The second-order valence-corrected chi connectivity index (χ2v) is 6.09. The second kappa shape index (κ2) is 7.28. The number of methoxy groups -OCH3 is 1. The summed E-state index contributed by atoms with van der Waals surface area (Å²) in [7, 11) is 1.24. The van der Waals surface area contributed by atoms with Gasteiger partial charge in [0.05, 0.1) is 7.11 Å². The summed E-state index contributed by atoms with van der Waals surface area (Å²) in [5.74, 6) is -0.988. The fraction of sp³-hybridized carbons (Fsp3) is 0.786. The lowest BCUT2D eigenvalue weighted by Gasteiger charge is -2.26. The highest BCUT2D eigenvalue weighted by Crippen LogP contribution is 2.18. The number of hydrogen-bond acceptors (Lipinski definition) is 5. The van der Waals surface area contributed by atoms with Crippen LogP contribution in [0.4, 0.5) is 4.79 Å². The third-order valence-corrected chi connectivity index (χ3v) is 3.10. The molecule has 1 saturated heterocycles. The quantitative estimate of drug-likeness (QED) is 0.755. The van der Waals surface area contributed by atoms with Crippen LogP contribution in [-0.4, -0.2) is 43.3 Å². The monoisotopic (exact) mass is 300 g/mol. The van der Waals surface area contributed by atoms with Gasteiger partial charge in [0.2, 0.25) is 5.91 Å². The normalized spacial score (nSPS) is 20.2. The maximum Gasteiger partial charge on any atom is 0.408 e. The molecule has 0 aromatic heterocycles. The van der Waals surface area contributed by atoms with E-state index in [2.05, 4.69) is 15.4 Å². The summed E-state index contributed by atoms with van der Waals surface area (Å²) >= 11 is 0. The van der Waals surface area contributed by atoms with Crippen molar-refractivity contribution in [1.82, 2.24) is 10.6 Å². The van der Waals surface area contributed by atoms with E-state index < -0.39 is 23.7 Å². The molecule has 120 valence electrons. The summed E-state index contributed by atoms with van der Waals surface area (Å²) in [6.07, 6.45) is 1.05. The molecule has 21 heavy (non-hydrogen) atoms. The van der Waals surface area contributed by atoms with Gasteiger partial charge in [0, 0.05) is 12.5 Å². The van der Waals surface area contributed by atoms with Crippen molar-refractivity contribution in [2.45, 2.75) is 51.7 Å². The molecule has 2 atom stereocenters. The Morgan fingerprint density at radius 3 is 2.62 bits per heavy atom. The molecule has 0 aliphatic carbocycles. The Bertz CT molecular complexity index is 403. The molecule has 0 bridgehead atoms. The van der Waals surface area contributed by atoms with Crippen LogP contribution in [0.25, 0.3) is 0 Å². The molecule has 1 unspecified atom stereocenters. The first-order valence-corrected chi connectivity index (χ1v) is 7.08. The number of amides is 2. The topological polar surface area (TPSA) is 93.7 Å². The Morgan fingerprint density at radius 1 is 1.43 bits per heavy atom. The Balaban J connectivity index is 2.65. The SMILES string of the molecule is COC(=O)[C@H](CC1CCCNC1=O)NC(=O)OC(C)(C)C. The number of carbonyl (C=O) groups excluding carboxylic acids is 3. The summed E-state index contributed by atoms with van der Waals surface area (Å²) in [4.78, 5) is 35.3. The van der Waals surface area contributed by atoms with E-state index in [1.165, 1.54) is 7.11 Å². The van der Waals surface area contributed by atoms with Gasteiger partial charge < -0.3 is 20.1 Å². The number of carbonyl (C=O) groups is 3. The Kier molecular flexibility index (Phi) is 5.99. The van der Waals surface area contributed by atoms with Gasteiger partial charge in [-0.2, -0.15) is 0 Å². The maximum atomic E-state index is 11.8. The van der Waals surface area contributed by atoms with Crippen LogP contribution in [0.5, 0.6) is 0 Å². The standard InChI is InChI=1S/C14H24N2O5/c1-14(2,3)21-13(19)16-10(12(18)20-4)8-9-6-5-7-15-11(9)17/h9-10H,5-8H2,1-4H3,(H,15,17)(H,16,19)/t9?,10-/m0/s1. The summed E-state index contributed by atoms with van der Waals surface area (Å²) < 4.78 is 9.80. The van der Waals surface area contributed by atoms with Crippen LogP contribution < -0.4 is 10.6 Å². The van der Waals surface area contributed by atoms with Crippen molar-refractivity contribution in [2.75, 3.05) is 13.7 Å². The van der Waals surface area contributed by atoms with E-state index in [9.17, 15) is 14.4 Å². The molecule has 1 heterocycles. The first-order valence-electron chi connectivity index (χ1n) is 7.08. The van der Waals surface area contributed by atoms with Crippen molar-refractivity contribution in [1.29, 1.82) is 0 Å². The number of piperidine rings is 1. The largest absolute Gasteiger partial charge is 0.467 e. The predicted molar refractivity (Wildman–Crippen MR) is 75.5 cm³/mol. The van der Waals surface area contributed by atoms with Crippen molar-refractivity contribution in [2.24, 2.45) is 5.92 Å². The highest BCUT2D eigenvalue weighted by atomic mass is 16.6. The van der Waals surface area contributed by atoms with E-state index in [0.29, 0.717) is 13.0 Å². The fourth-order valence-corrected chi connectivity index (χ4v) is 2.15. The first-order chi connectivity index (χ1) is 9.73. The molecule has 0 radical (unpaired) electrons. The zero-order chi connectivity index (χ0) is 16.0. The number of alkyl carbamates (subject to hydrolysis) is 1. The number of rotatable bonds is 4. The Hall–Kier alpha value is -1.79. The molecule has 7 nitrogen and oxygen atoms in total. The second-order valence-electron chi connectivity index (χ2n) is 6.09. The van der Waals surface area contributed by atoms with Crippen LogP contribution in [-0.2, 0) is 19.1 Å². The molecule has 1 aliphatic rings. The van der Waals surface area contributed by atoms with Gasteiger partial charge in [-0.3, -0.25) is 4.79 Å². The number of ether oxygens (including phenoxy) is 2. The van der Waals surface area contributed by atoms with E-state index in [-0.39, 0.29) is 18.2 Å². The van der Waals surface area contributed by atoms with Crippen LogP contribution in [0.15, 0.2) is 0 Å². The van der Waals surface area contributed by atoms with Crippen LogP contribution in [0.2, 0.25) is 0 Å². The first kappa shape index (κ1) is 17.3. The minimum Gasteiger partial charge on any atom is -0.467 e. The summed E-state index contributed by atoms with van der Waals surface area (Å²) in [5.41, 5.74) is -0.660. The van der Waals surface area contributed by atoms with Gasteiger partial charge in [-0.05, 0) is 40.0 Å². The van der Waals surface area contributed by atoms with Gasteiger partial charge >= 0.3 is 12.1 Å². The minimum atomic E-state index is -0.890. The van der Waals surface area contributed by atoms with Crippen molar-refractivity contribution in [3.05, 3.63) is 0 Å². The zero-order valence-corrected chi connectivity index (χ0v) is 13.0. The molecule has 0 aromatic carbocycles. The van der Waals surface area contributed by atoms with E-state index in [1.54, 1.807) is 20.8 Å². The van der Waals surface area contributed by atoms with Crippen LogP contribution in [0, 0.1) is 5.92 Å². The van der Waals surface area contributed by atoms with Gasteiger partial charge in [0.15, 0.2) is 0 Å². The predicted octanol–water partition coefficient (Wildman–Crippen LogP) is 0.969. The third-order valence-electron chi connectivity index (χ3n) is 3.10. The van der Waals surface area contributed by atoms with Crippen molar-refractivity contribution < 1.29 is 23.9 Å². The van der Waals surface area contributed by atoms with Crippen LogP contribution >= 0.6 is 0 Å². The van der Waals surface area contributed by atoms with Crippen molar-refractivity contribution in [3.63, 3.8) is 0 Å². The Morgan fingerprint density at radius 2 is 2.10 bits per heavy atom. The lowest BCUT2D eigenvalue weighted by atomic mass is 9.91. The van der Waals surface area contributed by atoms with Crippen molar-refractivity contribution >= 4 is 18.0 Å². The molecule has 0 aromatic rings. The molecule has 1 fully saturated rings. The maximum absolute atomic E-state index is 11.8. The molecule has 2 N–H and O–H groups in total. The molecule has 0 saturated carbocycles.